The Balaban J connectivity index is 1.37. The molecule has 2 heterocycles. The number of aryl methyl sites for hydroxylation is 2. The Labute approximate surface area is 186 Å². The van der Waals surface area contributed by atoms with Gasteiger partial charge in [-0.05, 0) is 48.6 Å². The highest BCUT2D eigenvalue weighted by Gasteiger charge is 2.35. The predicted molar refractivity (Wildman–Crippen MR) is 123 cm³/mol. The molecule has 1 aliphatic rings. The van der Waals surface area contributed by atoms with Gasteiger partial charge in [-0.3, -0.25) is 9.59 Å². The van der Waals surface area contributed by atoms with E-state index in [-0.39, 0.29) is 18.2 Å². The first-order valence-electron chi connectivity index (χ1n) is 10.5. The van der Waals surface area contributed by atoms with E-state index in [4.69, 9.17) is 0 Å². The summed E-state index contributed by atoms with van der Waals surface area (Å²) in [6.07, 6.45) is 0.968. The third-order valence-electron chi connectivity index (χ3n) is 5.56. The van der Waals surface area contributed by atoms with Crippen LogP contribution in [0.1, 0.15) is 41.0 Å². The molecule has 0 spiro atoms. The average Bonchev–Trinajstić information content (AvgIpc) is 3.34. The Kier molecular flexibility index (Phi) is 6.13. The first-order chi connectivity index (χ1) is 14.9. The molecule has 2 unspecified atom stereocenters. The summed E-state index contributed by atoms with van der Waals surface area (Å²) >= 11 is 1.39. The Morgan fingerprint density at radius 1 is 1.16 bits per heavy atom. The van der Waals surface area contributed by atoms with Crippen molar-refractivity contribution in [3.63, 3.8) is 0 Å². The minimum Gasteiger partial charge on any atom is -0.312 e. The van der Waals surface area contributed by atoms with Gasteiger partial charge in [-0.25, -0.2) is 0 Å². The normalized spacial score (nSPS) is 17.1. The maximum absolute atomic E-state index is 12.8. The second kappa shape index (κ2) is 8.98. The van der Waals surface area contributed by atoms with Crippen LogP contribution in [0.15, 0.2) is 48.5 Å². The minimum absolute atomic E-state index is 0.0280. The molecule has 2 aromatic carbocycles. The van der Waals surface area contributed by atoms with E-state index >= 15 is 0 Å². The van der Waals surface area contributed by atoms with Crippen molar-refractivity contribution < 1.29 is 9.59 Å². The third kappa shape index (κ3) is 4.99. The van der Waals surface area contributed by atoms with Gasteiger partial charge in [0.1, 0.15) is 5.01 Å². The molecule has 2 atom stereocenters. The molecule has 0 saturated carbocycles. The van der Waals surface area contributed by atoms with Gasteiger partial charge in [0.2, 0.25) is 16.9 Å². The van der Waals surface area contributed by atoms with Crippen LogP contribution in [0.5, 0.6) is 0 Å². The van der Waals surface area contributed by atoms with E-state index < -0.39 is 5.92 Å². The molecule has 1 fully saturated rings. The lowest BCUT2D eigenvalue weighted by Crippen LogP contribution is -2.28. The van der Waals surface area contributed by atoms with Crippen LogP contribution >= 0.6 is 11.3 Å². The van der Waals surface area contributed by atoms with Crippen LogP contribution in [0, 0.1) is 19.8 Å². The predicted octanol–water partition coefficient (Wildman–Crippen LogP) is 4.49. The highest BCUT2D eigenvalue weighted by molar-refractivity contribution is 7.15. The fraction of sp³-hybridized carbons (Fsp3) is 0.333. The summed E-state index contributed by atoms with van der Waals surface area (Å²) in [6, 6.07) is 16.3. The van der Waals surface area contributed by atoms with Crippen molar-refractivity contribution in [3.05, 3.63) is 70.2 Å². The molecule has 1 aliphatic heterocycles. The highest BCUT2D eigenvalue weighted by Crippen LogP contribution is 2.29. The van der Waals surface area contributed by atoms with Gasteiger partial charge in [0.05, 0.1) is 5.92 Å². The first-order valence-corrected chi connectivity index (χ1v) is 11.3. The third-order valence-corrected chi connectivity index (χ3v) is 6.42. The summed E-state index contributed by atoms with van der Waals surface area (Å²) in [5, 5.41) is 12.6. The van der Waals surface area contributed by atoms with Crippen LogP contribution in [-0.4, -0.2) is 28.6 Å². The van der Waals surface area contributed by atoms with Crippen molar-refractivity contribution in [3.8, 4) is 0 Å². The molecule has 0 radical (unpaired) electrons. The molecule has 31 heavy (non-hydrogen) atoms. The van der Waals surface area contributed by atoms with Crippen molar-refractivity contribution in [2.45, 2.75) is 39.5 Å². The molecule has 2 amide bonds. The summed E-state index contributed by atoms with van der Waals surface area (Å²) in [5.41, 5.74) is 4.30. The lowest BCUT2D eigenvalue weighted by atomic mass is 9.98. The molecular weight excluding hydrogens is 408 g/mol. The zero-order valence-corrected chi connectivity index (χ0v) is 18.8. The second-order valence-electron chi connectivity index (χ2n) is 8.26. The fourth-order valence-electron chi connectivity index (χ4n) is 3.99. The minimum atomic E-state index is -0.399. The number of benzene rings is 2. The van der Waals surface area contributed by atoms with Crippen LogP contribution in [0.2, 0.25) is 0 Å². The van der Waals surface area contributed by atoms with E-state index in [1.165, 1.54) is 16.9 Å². The zero-order valence-electron chi connectivity index (χ0n) is 18.0. The van der Waals surface area contributed by atoms with Crippen LogP contribution in [0.25, 0.3) is 0 Å². The molecule has 1 N–H and O–H groups in total. The molecule has 1 saturated heterocycles. The molecular formula is C24H26N4O2S. The SMILES string of the molecule is Cc1cc(C)cc(N2CC(C(=O)Nc3nnc(CC(C)c4ccccc4)s3)CC2=O)c1. The van der Waals surface area contributed by atoms with Crippen LogP contribution in [0.4, 0.5) is 10.8 Å². The van der Waals surface area contributed by atoms with Crippen LogP contribution < -0.4 is 10.2 Å². The van der Waals surface area contributed by atoms with Crippen LogP contribution in [0.3, 0.4) is 0 Å². The summed E-state index contributed by atoms with van der Waals surface area (Å²) < 4.78 is 0. The molecule has 160 valence electrons. The van der Waals surface area contributed by atoms with Gasteiger partial charge in [0, 0.05) is 25.1 Å². The summed E-state index contributed by atoms with van der Waals surface area (Å²) in [7, 11) is 0. The molecule has 7 heteroatoms. The van der Waals surface area contributed by atoms with E-state index in [0.717, 1.165) is 28.2 Å². The van der Waals surface area contributed by atoms with Gasteiger partial charge in [-0.2, -0.15) is 0 Å². The lowest BCUT2D eigenvalue weighted by molar-refractivity contribution is -0.122. The number of aromatic nitrogens is 2. The smallest absolute Gasteiger partial charge is 0.231 e. The van der Waals surface area contributed by atoms with E-state index in [1.807, 2.05) is 44.2 Å². The number of hydrogen-bond donors (Lipinski definition) is 1. The van der Waals surface area contributed by atoms with Gasteiger partial charge in [0.25, 0.3) is 0 Å². The van der Waals surface area contributed by atoms with E-state index in [2.05, 4.69) is 40.6 Å². The van der Waals surface area contributed by atoms with Crippen LogP contribution in [-0.2, 0) is 16.0 Å². The van der Waals surface area contributed by atoms with Gasteiger partial charge >= 0.3 is 0 Å². The van der Waals surface area contributed by atoms with Crippen molar-refractivity contribution in [1.82, 2.24) is 10.2 Å². The van der Waals surface area contributed by atoms with Crippen molar-refractivity contribution >= 4 is 34.0 Å². The van der Waals surface area contributed by atoms with Gasteiger partial charge < -0.3 is 10.2 Å². The lowest BCUT2D eigenvalue weighted by Gasteiger charge is -2.18. The van der Waals surface area contributed by atoms with Gasteiger partial charge in [-0.1, -0.05) is 54.7 Å². The number of nitrogens with one attached hydrogen (secondary N) is 1. The Hall–Kier alpha value is -3.06. The zero-order chi connectivity index (χ0) is 22.0. The standard InChI is InChI=1S/C24H26N4O2S/c1-15-9-16(2)11-20(10-15)28-14-19(13-22(28)29)23(30)25-24-27-26-21(31-24)12-17(3)18-7-5-4-6-8-18/h4-11,17,19H,12-14H2,1-3H3,(H,25,27,30). The number of carbonyl (C=O) groups is 2. The van der Waals surface area contributed by atoms with E-state index in [0.29, 0.717) is 17.6 Å². The van der Waals surface area contributed by atoms with E-state index in [9.17, 15) is 9.59 Å². The molecule has 0 bridgehead atoms. The molecule has 0 aliphatic carbocycles. The van der Waals surface area contributed by atoms with Crippen molar-refractivity contribution in [2.24, 2.45) is 5.92 Å². The summed E-state index contributed by atoms with van der Waals surface area (Å²) in [4.78, 5) is 27.0. The number of anilines is 2. The molecule has 1 aromatic heterocycles. The number of hydrogen-bond acceptors (Lipinski definition) is 5. The Morgan fingerprint density at radius 3 is 2.58 bits per heavy atom. The number of carbonyl (C=O) groups excluding carboxylic acids is 2. The van der Waals surface area contributed by atoms with Crippen molar-refractivity contribution in [1.29, 1.82) is 0 Å². The topological polar surface area (TPSA) is 75.2 Å². The molecule has 6 nitrogen and oxygen atoms in total. The van der Waals surface area contributed by atoms with Gasteiger partial charge in [-0.15, -0.1) is 10.2 Å². The summed E-state index contributed by atoms with van der Waals surface area (Å²) in [6.45, 7) is 6.55. The highest BCUT2D eigenvalue weighted by atomic mass is 32.1. The fourth-order valence-corrected chi connectivity index (χ4v) is 4.87. The number of rotatable bonds is 6. The second-order valence-corrected chi connectivity index (χ2v) is 9.32. The molecule has 3 aromatic rings. The largest absolute Gasteiger partial charge is 0.312 e. The Bertz CT molecular complexity index is 1080. The van der Waals surface area contributed by atoms with E-state index in [1.54, 1.807) is 4.90 Å². The monoisotopic (exact) mass is 434 g/mol. The molecule has 4 rings (SSSR count). The van der Waals surface area contributed by atoms with Crippen molar-refractivity contribution in [2.75, 3.05) is 16.8 Å². The Morgan fingerprint density at radius 2 is 1.87 bits per heavy atom. The quantitative estimate of drug-likeness (QED) is 0.620. The number of amides is 2. The maximum Gasteiger partial charge on any atom is 0.231 e. The first kappa shape index (κ1) is 21.2. The number of nitrogens with zero attached hydrogens (tertiary/aromatic N) is 3. The summed E-state index contributed by atoms with van der Waals surface area (Å²) in [5.74, 6) is -0.292. The average molecular weight is 435 g/mol. The van der Waals surface area contributed by atoms with Gasteiger partial charge in [0.15, 0.2) is 0 Å². The maximum atomic E-state index is 12.8.